The van der Waals surface area contributed by atoms with Crippen LogP contribution in [0.3, 0.4) is 0 Å². The predicted molar refractivity (Wildman–Crippen MR) is 305 cm³/mol. The molecule has 0 heterocycles. The van der Waals surface area contributed by atoms with Gasteiger partial charge in [0.2, 0.25) is 0 Å². The van der Waals surface area contributed by atoms with E-state index in [9.17, 15) is 0 Å². The van der Waals surface area contributed by atoms with Crippen LogP contribution in [0.25, 0.3) is 0 Å². The van der Waals surface area contributed by atoms with Gasteiger partial charge >= 0.3 is 0 Å². The standard InChI is InChI=1S/C74H48/c1-13-53-33-29-35-55(47-53)31-17-25-43-63-65(45-27-23-41-59-39-21-19-37-57(59)15-3)69-51-62(72(8,9)10)52-70-66(46-28-24-42-60-40-22-20-38-58(60)16-4)64(44-26-18-32-56-36-30-34-54(14-2)48-56)68-50-61(71(5,6)7)49-67(63)73(68,11)74(69,70)12/h1-4,19-22,29-30,33-40,47-52H,5-12H3. The average molecular weight is 937 g/mol. The second kappa shape index (κ2) is 20.6. The van der Waals surface area contributed by atoms with E-state index >= 15 is 0 Å². The Labute approximate surface area is 440 Å². The van der Waals surface area contributed by atoms with Crippen LogP contribution >= 0.6 is 0 Å². The van der Waals surface area contributed by atoms with Gasteiger partial charge in [-0.15, -0.1) is 25.7 Å². The largest absolute Gasteiger partial charge is 0.115 e. The predicted octanol–water partition coefficient (Wildman–Crippen LogP) is 12.9. The molecule has 4 aromatic rings. The summed E-state index contributed by atoms with van der Waals surface area (Å²) in [6, 6.07) is 30.3. The fourth-order valence-electron chi connectivity index (χ4n) is 9.45. The monoisotopic (exact) mass is 936 g/mol. The van der Waals surface area contributed by atoms with Crippen LogP contribution in [0.15, 0.2) is 177 Å². The summed E-state index contributed by atoms with van der Waals surface area (Å²) in [4.78, 5) is 0. The second-order valence-electron chi connectivity index (χ2n) is 20.2. The number of benzene rings is 4. The molecule has 2 atom stereocenters. The zero-order valence-corrected chi connectivity index (χ0v) is 42.9. The Morgan fingerprint density at radius 2 is 0.662 bits per heavy atom. The van der Waals surface area contributed by atoms with Gasteiger partial charge in [0.1, 0.15) is 0 Å². The minimum absolute atomic E-state index is 0.321. The van der Waals surface area contributed by atoms with Gasteiger partial charge in [0.25, 0.3) is 0 Å². The first kappa shape index (κ1) is 50.2. The number of terminal acetylenes is 4. The molecule has 0 radical (unpaired) electrons. The first-order valence-corrected chi connectivity index (χ1v) is 24.0. The van der Waals surface area contributed by atoms with Crippen molar-refractivity contribution in [3.8, 4) is 144 Å². The van der Waals surface area contributed by atoms with Gasteiger partial charge in [-0.05, 0) is 152 Å². The lowest BCUT2D eigenvalue weighted by Crippen LogP contribution is -2.51. The lowest BCUT2D eigenvalue weighted by atomic mass is 9.41. The zero-order chi connectivity index (χ0) is 52.7. The zero-order valence-electron chi connectivity index (χ0n) is 42.9. The molecule has 0 saturated heterocycles. The Morgan fingerprint density at radius 3 is 1.01 bits per heavy atom. The van der Waals surface area contributed by atoms with E-state index in [4.69, 9.17) is 25.7 Å². The van der Waals surface area contributed by atoms with E-state index in [2.05, 4.69) is 198 Å². The molecule has 0 heteroatoms. The van der Waals surface area contributed by atoms with Gasteiger partial charge in [-0.25, -0.2) is 0 Å². The molecule has 2 unspecified atom stereocenters. The van der Waals surface area contributed by atoms with Crippen molar-refractivity contribution in [2.45, 2.75) is 55.4 Å². The Bertz CT molecular complexity index is 4120. The Hall–Kier alpha value is -10.2. The molecule has 0 saturated carbocycles. The van der Waals surface area contributed by atoms with E-state index < -0.39 is 10.8 Å². The van der Waals surface area contributed by atoms with Crippen LogP contribution in [0.5, 0.6) is 0 Å². The first-order valence-electron chi connectivity index (χ1n) is 24.0. The highest BCUT2D eigenvalue weighted by atomic mass is 14.6. The smallest absolute Gasteiger partial charge is 0.0457 e. The maximum absolute atomic E-state index is 5.87. The van der Waals surface area contributed by atoms with Crippen LogP contribution in [-0.2, 0) is 0 Å². The number of hydrogen-bond acceptors (Lipinski definition) is 0. The summed E-state index contributed by atoms with van der Waals surface area (Å²) in [5, 5.41) is 0. The van der Waals surface area contributed by atoms with Gasteiger partial charge in [-0.2, -0.15) is 0 Å². The molecule has 344 valence electrons. The highest BCUT2D eigenvalue weighted by Gasteiger charge is 2.62. The summed E-state index contributed by atoms with van der Waals surface area (Å²) in [5.74, 6) is 63.7. The molecule has 0 nitrogen and oxygen atoms in total. The maximum Gasteiger partial charge on any atom is 0.0457 e. The van der Waals surface area contributed by atoms with Gasteiger partial charge < -0.3 is 0 Å². The summed E-state index contributed by atoms with van der Waals surface area (Å²) in [7, 11) is 0. The van der Waals surface area contributed by atoms with Crippen LogP contribution in [0.1, 0.15) is 99.9 Å². The molecule has 0 aliphatic heterocycles. The van der Waals surface area contributed by atoms with Crippen molar-refractivity contribution in [2.24, 2.45) is 21.7 Å². The van der Waals surface area contributed by atoms with Gasteiger partial charge in [-0.1, -0.05) is 187 Å². The van der Waals surface area contributed by atoms with Crippen LogP contribution < -0.4 is 0 Å². The van der Waals surface area contributed by atoms with Gasteiger partial charge in [0.05, 0.1) is 0 Å². The fourth-order valence-corrected chi connectivity index (χ4v) is 9.45. The topological polar surface area (TPSA) is 0 Å². The molecule has 0 amide bonds. The molecule has 74 heavy (non-hydrogen) atoms. The van der Waals surface area contributed by atoms with E-state index in [0.717, 1.165) is 89.1 Å². The van der Waals surface area contributed by atoms with Crippen molar-refractivity contribution < 1.29 is 0 Å². The third kappa shape index (κ3) is 9.78. The van der Waals surface area contributed by atoms with Gasteiger partial charge in [-0.3, -0.25) is 0 Å². The Kier molecular flexibility index (Phi) is 14.0. The molecule has 0 fully saturated rings. The summed E-state index contributed by atoms with van der Waals surface area (Å²) in [5.41, 5.74) is 12.7. The second-order valence-corrected chi connectivity index (χ2v) is 20.2. The highest BCUT2D eigenvalue weighted by molar-refractivity contribution is 5.84. The van der Waals surface area contributed by atoms with E-state index in [1.807, 2.05) is 97.1 Å². The number of hydrogen-bond donors (Lipinski definition) is 0. The third-order valence-corrected chi connectivity index (χ3v) is 13.7. The van der Waals surface area contributed by atoms with Crippen molar-refractivity contribution in [1.29, 1.82) is 0 Å². The van der Waals surface area contributed by atoms with Gasteiger partial charge in [0.15, 0.2) is 0 Å². The van der Waals surface area contributed by atoms with E-state index in [-0.39, 0.29) is 10.8 Å². The molecular formula is C74H48. The quantitative estimate of drug-likeness (QED) is 0.154. The molecule has 0 bridgehead atoms. The van der Waals surface area contributed by atoms with Crippen molar-refractivity contribution in [2.75, 3.05) is 0 Å². The molecule has 4 aliphatic rings. The minimum Gasteiger partial charge on any atom is -0.115 e. The number of rotatable bonds is 0. The lowest BCUT2D eigenvalue weighted by molar-refractivity contribution is 0.238. The molecular weight excluding hydrogens is 889 g/mol. The summed E-state index contributed by atoms with van der Waals surface area (Å²) >= 11 is 0. The summed E-state index contributed by atoms with van der Waals surface area (Å²) < 4.78 is 0. The van der Waals surface area contributed by atoms with Crippen LogP contribution in [-0.4, -0.2) is 0 Å². The van der Waals surface area contributed by atoms with Gasteiger partial charge in [0, 0.05) is 77.6 Å². The van der Waals surface area contributed by atoms with Crippen LogP contribution in [0, 0.1) is 166 Å². The molecule has 0 N–H and O–H groups in total. The first-order chi connectivity index (χ1) is 35.5. The van der Waals surface area contributed by atoms with Crippen molar-refractivity contribution in [1.82, 2.24) is 0 Å². The van der Waals surface area contributed by atoms with Crippen LogP contribution in [0.2, 0.25) is 0 Å². The molecule has 0 spiro atoms. The van der Waals surface area contributed by atoms with Crippen molar-refractivity contribution >= 4 is 0 Å². The molecule has 4 aliphatic carbocycles. The van der Waals surface area contributed by atoms with Crippen molar-refractivity contribution in [3.63, 3.8) is 0 Å². The maximum atomic E-state index is 5.87. The summed E-state index contributed by atoms with van der Waals surface area (Å²) in [6.45, 7) is 17.8. The number of allylic oxidation sites excluding steroid dienone is 14. The molecule has 8 rings (SSSR count). The lowest BCUT2D eigenvalue weighted by Gasteiger charge is -2.59. The van der Waals surface area contributed by atoms with E-state index in [1.165, 1.54) is 0 Å². The van der Waals surface area contributed by atoms with E-state index in [0.29, 0.717) is 11.1 Å². The third-order valence-electron chi connectivity index (χ3n) is 13.7. The Morgan fingerprint density at radius 1 is 0.338 bits per heavy atom. The SMILES string of the molecule is C#Cc1cccc(C#CC#CC2=C(C#CC#Cc3ccccc3C#C)C3=CC(C(C)(C)C)=CC4=C(C#CC#Cc5ccccc5C#C)C(C#CC#Cc5cccc(C#C)c5)=C5C=C(C(C)(C)C)C=C2C5(C)C34C)c1. The normalized spacial score (nSPS) is 17.4. The Balaban J connectivity index is 1.50. The average Bonchev–Trinajstić information content (AvgIpc) is 3.40. The molecule has 0 aromatic heterocycles. The van der Waals surface area contributed by atoms with Crippen molar-refractivity contribution in [3.05, 3.63) is 222 Å². The summed E-state index contributed by atoms with van der Waals surface area (Å²) in [6.07, 6.45) is 32.4. The van der Waals surface area contributed by atoms with E-state index in [1.54, 1.807) is 0 Å². The minimum atomic E-state index is -0.789. The highest BCUT2D eigenvalue weighted by Crippen LogP contribution is 2.71. The molecule has 4 aromatic carbocycles. The van der Waals surface area contributed by atoms with Crippen LogP contribution in [0.4, 0.5) is 0 Å². The fraction of sp³-hybridized carbons (Fsp3) is 0.162.